The molecular weight excluding hydrogens is 556 g/mol. The Kier molecular flexibility index (Phi) is 8.13. The zero-order valence-corrected chi connectivity index (χ0v) is 29.5. The lowest BCUT2D eigenvalue weighted by molar-refractivity contribution is -0.185. The maximum atomic E-state index is 13.1. The number of fused-ring (bicyclic) bond motifs is 2. The smallest absolute Gasteiger partial charge is 0.331 e. The standard InChI is InChI=1S/C41H60O4/c1-26(2)27(3)10-11-28(4)30-14-16-34-38(30,7)22-23-41-25-40(41)21-19-35(37(5,6)33(40)18-20-39(34,41)8)45-36(43)17-13-29-12-15-31(42)32(24-29)44-9/h12-13,15,17,24,26,28,30,33-35,42H,3,10-11,14,16,18-23,25H2,1-2,4-9H3/t28?,30?,33?,34?,35?,38-,39+,40-,41+/m1/s1. The predicted molar refractivity (Wildman–Crippen MR) is 183 cm³/mol. The highest BCUT2D eigenvalue weighted by molar-refractivity contribution is 5.87. The number of carbonyl (C=O) groups excluding carboxylic acids is 1. The van der Waals surface area contributed by atoms with Gasteiger partial charge in [0.2, 0.25) is 0 Å². The van der Waals surface area contributed by atoms with Crippen LogP contribution in [0.25, 0.3) is 6.08 Å². The highest BCUT2D eigenvalue weighted by Crippen LogP contribution is 2.90. The average molecular weight is 617 g/mol. The molecule has 5 fully saturated rings. The Morgan fingerprint density at radius 2 is 1.78 bits per heavy atom. The first-order valence-electron chi connectivity index (χ1n) is 18.1. The first-order chi connectivity index (χ1) is 21.1. The third kappa shape index (κ3) is 4.85. The van der Waals surface area contributed by atoms with Gasteiger partial charge in [0, 0.05) is 11.5 Å². The summed E-state index contributed by atoms with van der Waals surface area (Å²) in [5.74, 6) is 3.85. The molecular formula is C41H60O4. The van der Waals surface area contributed by atoms with Crippen LogP contribution in [-0.4, -0.2) is 24.3 Å². The number of phenolic OH excluding ortho intramolecular Hbond substituents is 1. The molecule has 4 heteroatoms. The lowest BCUT2D eigenvalue weighted by Crippen LogP contribution is -2.58. The van der Waals surface area contributed by atoms with Crippen molar-refractivity contribution < 1.29 is 19.4 Å². The largest absolute Gasteiger partial charge is 0.504 e. The molecule has 6 rings (SSSR count). The summed E-state index contributed by atoms with van der Waals surface area (Å²) >= 11 is 0. The number of hydrogen-bond acceptors (Lipinski definition) is 4. The van der Waals surface area contributed by atoms with E-state index >= 15 is 0 Å². The first-order valence-corrected chi connectivity index (χ1v) is 18.1. The molecule has 0 amide bonds. The third-order valence-corrected chi connectivity index (χ3v) is 15.3. The fraction of sp³-hybridized carbons (Fsp3) is 0.732. The summed E-state index contributed by atoms with van der Waals surface area (Å²) in [6.07, 6.45) is 17.5. The molecule has 0 aliphatic heterocycles. The van der Waals surface area contributed by atoms with Gasteiger partial charge in [0.1, 0.15) is 6.10 Å². The zero-order valence-electron chi connectivity index (χ0n) is 29.5. The second kappa shape index (κ2) is 11.2. The first kappa shape index (κ1) is 32.7. The van der Waals surface area contributed by atoms with E-state index in [2.05, 4.69) is 55.0 Å². The van der Waals surface area contributed by atoms with Crippen LogP contribution >= 0.6 is 0 Å². The van der Waals surface area contributed by atoms with Crippen molar-refractivity contribution >= 4 is 12.0 Å². The van der Waals surface area contributed by atoms with Crippen molar-refractivity contribution in [3.8, 4) is 11.5 Å². The van der Waals surface area contributed by atoms with E-state index in [1.807, 2.05) is 0 Å². The fourth-order valence-electron chi connectivity index (χ4n) is 12.7. The maximum Gasteiger partial charge on any atom is 0.331 e. The predicted octanol–water partition coefficient (Wildman–Crippen LogP) is 10.4. The summed E-state index contributed by atoms with van der Waals surface area (Å²) in [5, 5.41) is 9.89. The van der Waals surface area contributed by atoms with Crippen LogP contribution in [0.15, 0.2) is 36.4 Å². The van der Waals surface area contributed by atoms with Crippen molar-refractivity contribution in [3.05, 3.63) is 42.0 Å². The number of hydrogen-bond donors (Lipinski definition) is 1. The van der Waals surface area contributed by atoms with Crippen LogP contribution in [-0.2, 0) is 9.53 Å². The number of ether oxygens (including phenoxy) is 2. The third-order valence-electron chi connectivity index (χ3n) is 15.3. The van der Waals surface area contributed by atoms with Crippen LogP contribution in [0.2, 0.25) is 0 Å². The number of methoxy groups -OCH3 is 1. The minimum absolute atomic E-state index is 0.0410. The van der Waals surface area contributed by atoms with Crippen molar-refractivity contribution in [1.29, 1.82) is 0 Å². The molecule has 0 bridgehead atoms. The van der Waals surface area contributed by atoms with Gasteiger partial charge < -0.3 is 14.6 Å². The molecule has 0 aromatic heterocycles. The number of carbonyl (C=O) groups is 1. The van der Waals surface area contributed by atoms with Crippen LogP contribution in [0.5, 0.6) is 11.5 Å². The topological polar surface area (TPSA) is 55.8 Å². The van der Waals surface area contributed by atoms with E-state index < -0.39 is 0 Å². The molecule has 1 N–H and O–H groups in total. The molecule has 5 aliphatic rings. The van der Waals surface area contributed by atoms with Gasteiger partial charge in [-0.15, -0.1) is 0 Å². The lowest BCUT2D eigenvalue weighted by atomic mass is 9.41. The van der Waals surface area contributed by atoms with Gasteiger partial charge >= 0.3 is 5.97 Å². The molecule has 0 saturated heterocycles. The normalized spacial score (nSPS) is 40.2. The van der Waals surface area contributed by atoms with E-state index in [9.17, 15) is 9.90 Å². The number of esters is 1. The molecule has 2 spiro atoms. The quantitative estimate of drug-likeness (QED) is 0.170. The Hall–Kier alpha value is -2.23. The number of benzene rings is 1. The van der Waals surface area contributed by atoms with Gasteiger partial charge in [-0.05, 0) is 146 Å². The maximum absolute atomic E-state index is 13.1. The van der Waals surface area contributed by atoms with Crippen LogP contribution in [0.3, 0.4) is 0 Å². The molecule has 5 saturated carbocycles. The molecule has 5 aliphatic carbocycles. The Labute approximate surface area is 273 Å². The molecule has 1 aromatic rings. The number of aromatic hydroxyl groups is 1. The van der Waals surface area contributed by atoms with Crippen molar-refractivity contribution in [3.63, 3.8) is 0 Å². The lowest BCUT2D eigenvalue weighted by Gasteiger charge is -2.64. The number of rotatable bonds is 9. The Balaban J connectivity index is 1.15. The highest BCUT2D eigenvalue weighted by atomic mass is 16.5. The minimum Gasteiger partial charge on any atom is -0.504 e. The van der Waals surface area contributed by atoms with E-state index in [0.29, 0.717) is 39.2 Å². The molecule has 5 unspecified atom stereocenters. The summed E-state index contributed by atoms with van der Waals surface area (Å²) in [6.45, 7) is 21.7. The van der Waals surface area contributed by atoms with Gasteiger partial charge in [0.15, 0.2) is 11.5 Å². The van der Waals surface area contributed by atoms with E-state index in [4.69, 9.17) is 9.47 Å². The van der Waals surface area contributed by atoms with Crippen LogP contribution in [0.4, 0.5) is 0 Å². The summed E-state index contributed by atoms with van der Waals surface area (Å²) in [4.78, 5) is 13.1. The molecule has 248 valence electrons. The van der Waals surface area contributed by atoms with E-state index in [0.717, 1.165) is 29.7 Å². The van der Waals surface area contributed by atoms with E-state index in [1.165, 1.54) is 83.0 Å². The van der Waals surface area contributed by atoms with E-state index in [-0.39, 0.29) is 23.2 Å². The van der Waals surface area contributed by atoms with Gasteiger partial charge in [-0.1, -0.05) is 66.7 Å². The Bertz CT molecular complexity index is 1360. The van der Waals surface area contributed by atoms with Gasteiger partial charge in [-0.25, -0.2) is 4.79 Å². The molecule has 4 nitrogen and oxygen atoms in total. The second-order valence-electron chi connectivity index (χ2n) is 17.5. The summed E-state index contributed by atoms with van der Waals surface area (Å²) in [6, 6.07) is 5.08. The van der Waals surface area contributed by atoms with Gasteiger partial charge in [-0.2, -0.15) is 0 Å². The van der Waals surface area contributed by atoms with Gasteiger partial charge in [-0.3, -0.25) is 0 Å². The fourth-order valence-corrected chi connectivity index (χ4v) is 12.7. The molecule has 0 heterocycles. The monoisotopic (exact) mass is 616 g/mol. The Morgan fingerprint density at radius 3 is 2.49 bits per heavy atom. The summed E-state index contributed by atoms with van der Waals surface area (Å²) in [5.41, 5.74) is 3.97. The van der Waals surface area contributed by atoms with Crippen molar-refractivity contribution in [2.45, 2.75) is 125 Å². The zero-order chi connectivity index (χ0) is 32.6. The second-order valence-corrected chi connectivity index (χ2v) is 17.5. The number of allylic oxidation sites excluding steroid dienone is 1. The summed E-state index contributed by atoms with van der Waals surface area (Å²) < 4.78 is 11.5. The molecule has 1 aromatic carbocycles. The molecule has 45 heavy (non-hydrogen) atoms. The van der Waals surface area contributed by atoms with Gasteiger partial charge in [0.05, 0.1) is 7.11 Å². The molecule has 9 atom stereocenters. The summed E-state index contributed by atoms with van der Waals surface area (Å²) in [7, 11) is 1.52. The molecule has 0 radical (unpaired) electrons. The Morgan fingerprint density at radius 1 is 1.02 bits per heavy atom. The minimum atomic E-state index is -0.279. The number of phenols is 1. The van der Waals surface area contributed by atoms with Crippen molar-refractivity contribution in [2.75, 3.05) is 7.11 Å². The van der Waals surface area contributed by atoms with Crippen molar-refractivity contribution in [1.82, 2.24) is 0 Å². The van der Waals surface area contributed by atoms with Crippen LogP contribution in [0, 0.1) is 56.7 Å². The van der Waals surface area contributed by atoms with Gasteiger partial charge in [0.25, 0.3) is 0 Å². The SMILES string of the molecule is C=C(CCC(C)C1CCC2[C@]1(C)CC[C@@]13C[C@@]14CCC(OC(=O)C=Cc1ccc(O)c(OC)c1)C(C)(C)C4CC[C@@]23C)C(C)C. The van der Waals surface area contributed by atoms with Crippen LogP contribution < -0.4 is 4.74 Å². The highest BCUT2D eigenvalue weighted by Gasteiger charge is 2.83. The van der Waals surface area contributed by atoms with E-state index in [1.54, 1.807) is 24.3 Å². The van der Waals surface area contributed by atoms with Crippen molar-refractivity contribution in [2.24, 2.45) is 56.7 Å². The average Bonchev–Trinajstić information content (AvgIpc) is 3.53. The van der Waals surface area contributed by atoms with Crippen LogP contribution in [0.1, 0.15) is 125 Å².